The molecule has 0 aliphatic carbocycles. The lowest BCUT2D eigenvalue weighted by Gasteiger charge is -2.25. The van der Waals surface area contributed by atoms with Gasteiger partial charge in [-0.3, -0.25) is 4.79 Å². The molecule has 0 spiro atoms. The number of fused-ring (bicyclic) bond motifs is 1. The Hall–Kier alpha value is -3.20. The van der Waals surface area contributed by atoms with Gasteiger partial charge in [-0.05, 0) is 25.0 Å². The number of hydrogen-bond donors (Lipinski definition) is 1. The number of methoxy groups -OCH3 is 1. The standard InChI is InChI=1S/C20H22N6O3/c1-28-14-5-2-4-13(10-14)17-11-15(24-29-17)20(27)25-8-3-6-16(25)19-23-22-18-12-21-7-9-26(18)19/h2,4-5,10-11,16,21H,3,6-9,12H2,1H3/t16-/m1/s1. The van der Waals surface area contributed by atoms with E-state index < -0.39 is 0 Å². The molecular formula is C20H22N6O3. The highest BCUT2D eigenvalue weighted by atomic mass is 16.5. The first kappa shape index (κ1) is 17.9. The van der Waals surface area contributed by atoms with E-state index in [1.807, 2.05) is 29.2 Å². The van der Waals surface area contributed by atoms with Crippen LogP contribution in [0.1, 0.15) is 41.0 Å². The van der Waals surface area contributed by atoms with Crippen molar-refractivity contribution in [1.82, 2.24) is 30.1 Å². The van der Waals surface area contributed by atoms with Gasteiger partial charge < -0.3 is 24.0 Å². The third-order valence-electron chi connectivity index (χ3n) is 5.55. The molecule has 5 rings (SSSR count). The van der Waals surface area contributed by atoms with Crippen LogP contribution in [0.4, 0.5) is 0 Å². The summed E-state index contributed by atoms with van der Waals surface area (Å²) in [6, 6.07) is 9.08. The van der Waals surface area contributed by atoms with Crippen LogP contribution in [0.5, 0.6) is 5.75 Å². The minimum Gasteiger partial charge on any atom is -0.497 e. The Kier molecular flexibility index (Phi) is 4.51. The van der Waals surface area contributed by atoms with Gasteiger partial charge in [0, 0.05) is 31.3 Å². The molecule has 2 aliphatic heterocycles. The maximum Gasteiger partial charge on any atom is 0.276 e. The summed E-state index contributed by atoms with van der Waals surface area (Å²) < 4.78 is 12.8. The molecule has 1 fully saturated rings. The van der Waals surface area contributed by atoms with Gasteiger partial charge in [0.1, 0.15) is 11.6 Å². The largest absolute Gasteiger partial charge is 0.497 e. The lowest BCUT2D eigenvalue weighted by molar-refractivity contribution is 0.0716. The summed E-state index contributed by atoms with van der Waals surface area (Å²) in [6.45, 7) is 3.08. The third-order valence-corrected chi connectivity index (χ3v) is 5.55. The summed E-state index contributed by atoms with van der Waals surface area (Å²) in [5, 5.41) is 16.0. The minimum absolute atomic E-state index is 0.0844. The molecule has 0 saturated carbocycles. The number of benzene rings is 1. The van der Waals surface area contributed by atoms with Crippen LogP contribution in [0.3, 0.4) is 0 Å². The van der Waals surface area contributed by atoms with E-state index in [1.165, 1.54) is 0 Å². The first-order valence-electron chi connectivity index (χ1n) is 9.79. The maximum atomic E-state index is 13.2. The zero-order valence-corrected chi connectivity index (χ0v) is 16.2. The average molecular weight is 394 g/mol. The fraction of sp³-hybridized carbons (Fsp3) is 0.400. The fourth-order valence-electron chi connectivity index (χ4n) is 4.07. The summed E-state index contributed by atoms with van der Waals surface area (Å²) in [4.78, 5) is 15.0. The predicted molar refractivity (Wildman–Crippen MR) is 103 cm³/mol. The molecule has 4 heterocycles. The van der Waals surface area contributed by atoms with Crippen molar-refractivity contribution >= 4 is 5.91 Å². The molecule has 1 saturated heterocycles. The molecule has 0 bridgehead atoms. The molecule has 3 aromatic rings. The van der Waals surface area contributed by atoms with Gasteiger partial charge in [0.25, 0.3) is 5.91 Å². The van der Waals surface area contributed by atoms with Gasteiger partial charge in [-0.1, -0.05) is 17.3 Å². The highest BCUT2D eigenvalue weighted by Crippen LogP contribution is 2.33. The molecular weight excluding hydrogens is 372 g/mol. The Morgan fingerprint density at radius 2 is 2.21 bits per heavy atom. The Morgan fingerprint density at radius 3 is 3.10 bits per heavy atom. The van der Waals surface area contributed by atoms with Crippen LogP contribution >= 0.6 is 0 Å². The van der Waals surface area contributed by atoms with E-state index in [-0.39, 0.29) is 11.9 Å². The number of ether oxygens (including phenoxy) is 1. The smallest absolute Gasteiger partial charge is 0.276 e. The summed E-state index contributed by atoms with van der Waals surface area (Å²) in [6.07, 6.45) is 1.80. The van der Waals surface area contributed by atoms with Gasteiger partial charge in [0.15, 0.2) is 17.3 Å². The molecule has 9 nitrogen and oxygen atoms in total. The zero-order valence-electron chi connectivity index (χ0n) is 16.2. The number of aromatic nitrogens is 4. The van der Waals surface area contributed by atoms with Crippen molar-refractivity contribution in [2.24, 2.45) is 0 Å². The molecule has 150 valence electrons. The Labute approximate surface area is 167 Å². The summed E-state index contributed by atoms with van der Waals surface area (Å²) in [5.74, 6) is 2.90. The van der Waals surface area contributed by atoms with E-state index >= 15 is 0 Å². The molecule has 1 atom stereocenters. The normalized spacial score (nSPS) is 18.7. The van der Waals surface area contributed by atoms with Gasteiger partial charge in [-0.2, -0.15) is 0 Å². The Balaban J connectivity index is 1.40. The molecule has 2 aliphatic rings. The summed E-state index contributed by atoms with van der Waals surface area (Å²) in [5.41, 5.74) is 1.11. The van der Waals surface area contributed by atoms with Crippen LogP contribution in [0.2, 0.25) is 0 Å². The average Bonchev–Trinajstić information content (AvgIpc) is 3.52. The van der Waals surface area contributed by atoms with E-state index in [9.17, 15) is 4.79 Å². The van der Waals surface area contributed by atoms with Crippen molar-refractivity contribution in [3.63, 3.8) is 0 Å². The van der Waals surface area contributed by atoms with Gasteiger partial charge in [-0.25, -0.2) is 0 Å². The molecule has 9 heteroatoms. The van der Waals surface area contributed by atoms with Crippen molar-refractivity contribution in [2.45, 2.75) is 32.0 Å². The van der Waals surface area contributed by atoms with Crippen LogP contribution in [-0.4, -0.2) is 50.9 Å². The second-order valence-corrected chi connectivity index (χ2v) is 7.27. The van der Waals surface area contributed by atoms with Crippen molar-refractivity contribution in [3.8, 4) is 17.1 Å². The SMILES string of the molecule is COc1cccc(-c2cc(C(=O)N3CCC[C@@H]3c3nnc4n3CCNC4)no2)c1. The van der Waals surface area contributed by atoms with Gasteiger partial charge in [-0.15, -0.1) is 10.2 Å². The van der Waals surface area contributed by atoms with Gasteiger partial charge in [0.2, 0.25) is 0 Å². The van der Waals surface area contributed by atoms with E-state index in [1.54, 1.807) is 13.2 Å². The van der Waals surface area contributed by atoms with Gasteiger partial charge in [0.05, 0.1) is 19.7 Å². The minimum atomic E-state index is -0.142. The Bertz CT molecular complexity index is 1040. The number of amides is 1. The number of likely N-dealkylation sites (tertiary alicyclic amines) is 1. The van der Waals surface area contributed by atoms with E-state index in [2.05, 4.69) is 25.2 Å². The number of carbonyl (C=O) groups excluding carboxylic acids is 1. The maximum absolute atomic E-state index is 13.2. The lowest BCUT2D eigenvalue weighted by atomic mass is 10.1. The van der Waals surface area contributed by atoms with Gasteiger partial charge >= 0.3 is 0 Å². The molecule has 0 unspecified atom stereocenters. The third kappa shape index (κ3) is 3.17. The zero-order chi connectivity index (χ0) is 19.8. The Morgan fingerprint density at radius 1 is 1.28 bits per heavy atom. The van der Waals surface area contributed by atoms with Crippen LogP contribution in [0.15, 0.2) is 34.9 Å². The highest BCUT2D eigenvalue weighted by Gasteiger charge is 2.36. The van der Waals surface area contributed by atoms with Crippen molar-refractivity contribution in [2.75, 3.05) is 20.2 Å². The number of hydrogen-bond acceptors (Lipinski definition) is 7. The highest BCUT2D eigenvalue weighted by molar-refractivity contribution is 5.93. The molecule has 1 N–H and O–H groups in total. The number of nitrogens with zero attached hydrogens (tertiary/aromatic N) is 5. The second kappa shape index (κ2) is 7.32. The quantitative estimate of drug-likeness (QED) is 0.723. The van der Waals surface area contributed by atoms with E-state index in [0.29, 0.717) is 24.5 Å². The fourth-order valence-corrected chi connectivity index (χ4v) is 4.07. The van der Waals surface area contributed by atoms with Crippen LogP contribution < -0.4 is 10.1 Å². The number of nitrogens with one attached hydrogen (secondary N) is 1. The second-order valence-electron chi connectivity index (χ2n) is 7.27. The van der Waals surface area contributed by atoms with Crippen LogP contribution in [0, 0.1) is 0 Å². The van der Waals surface area contributed by atoms with Crippen LogP contribution in [0.25, 0.3) is 11.3 Å². The monoisotopic (exact) mass is 394 g/mol. The van der Waals surface area contributed by atoms with Crippen molar-refractivity contribution in [3.05, 3.63) is 47.7 Å². The molecule has 0 radical (unpaired) electrons. The van der Waals surface area contributed by atoms with Crippen LogP contribution in [-0.2, 0) is 13.1 Å². The summed E-state index contributed by atoms with van der Waals surface area (Å²) >= 11 is 0. The molecule has 1 amide bonds. The predicted octanol–water partition coefficient (Wildman–Crippen LogP) is 2.02. The number of carbonyl (C=O) groups is 1. The van der Waals surface area contributed by atoms with Crippen molar-refractivity contribution < 1.29 is 14.1 Å². The first-order valence-corrected chi connectivity index (χ1v) is 9.79. The molecule has 29 heavy (non-hydrogen) atoms. The molecule has 1 aromatic carbocycles. The topological polar surface area (TPSA) is 98.3 Å². The molecule has 2 aromatic heterocycles. The first-order chi connectivity index (χ1) is 14.2. The van der Waals surface area contributed by atoms with E-state index in [4.69, 9.17) is 9.26 Å². The summed E-state index contributed by atoms with van der Waals surface area (Å²) in [7, 11) is 1.61. The number of rotatable bonds is 4. The van der Waals surface area contributed by atoms with E-state index in [0.717, 1.165) is 48.9 Å². The lowest BCUT2D eigenvalue weighted by Crippen LogP contribution is -2.34. The van der Waals surface area contributed by atoms with Crippen molar-refractivity contribution in [1.29, 1.82) is 0 Å².